The van der Waals surface area contributed by atoms with Crippen LogP contribution in [0.4, 0.5) is 0 Å². The van der Waals surface area contributed by atoms with E-state index in [1.54, 1.807) is 7.05 Å². The topological polar surface area (TPSA) is 54.9 Å². The molecule has 2 fully saturated rings. The normalized spacial score (nSPS) is 26.6. The lowest BCUT2D eigenvalue weighted by Crippen LogP contribution is -2.40. The van der Waals surface area contributed by atoms with Crippen LogP contribution < -0.4 is 10.6 Å². The van der Waals surface area contributed by atoms with Gasteiger partial charge in [0.25, 0.3) is 0 Å². The molecule has 1 heterocycles. The van der Waals surface area contributed by atoms with Gasteiger partial charge in [0, 0.05) is 33.5 Å². The first-order chi connectivity index (χ1) is 8.78. The average Bonchev–Trinajstić information content (AvgIpc) is 2.64. The predicted molar refractivity (Wildman–Crippen MR) is 87.1 cm³/mol. The summed E-state index contributed by atoms with van der Waals surface area (Å²) in [5.74, 6) is 0.506. The highest BCUT2D eigenvalue weighted by atomic mass is 127. The summed E-state index contributed by atoms with van der Waals surface area (Å²) in [5.41, 5.74) is 0. The van der Waals surface area contributed by atoms with Crippen LogP contribution in [0.3, 0.4) is 0 Å². The van der Waals surface area contributed by atoms with Crippen LogP contribution >= 0.6 is 24.0 Å². The zero-order valence-corrected chi connectivity index (χ0v) is 14.2. The lowest BCUT2D eigenvalue weighted by atomic mass is 10.1. The average molecular weight is 383 g/mol. The Morgan fingerprint density at radius 2 is 1.95 bits per heavy atom. The first-order valence-corrected chi connectivity index (χ1v) is 6.98. The Morgan fingerprint density at radius 1 is 1.26 bits per heavy atom. The number of aliphatic imine (C=N–C) groups is 1. The molecule has 1 unspecified atom stereocenters. The maximum atomic E-state index is 6.14. The Hall–Kier alpha value is -0.0800. The van der Waals surface area contributed by atoms with E-state index in [0.717, 1.165) is 25.3 Å². The molecule has 6 heteroatoms. The summed E-state index contributed by atoms with van der Waals surface area (Å²) < 4.78 is 12.1. The Balaban J connectivity index is 0.00000180. The zero-order valence-electron chi connectivity index (χ0n) is 11.9. The van der Waals surface area contributed by atoms with Crippen molar-refractivity contribution in [2.45, 2.75) is 50.4 Å². The number of guanidine groups is 1. The quantitative estimate of drug-likeness (QED) is 0.434. The van der Waals surface area contributed by atoms with Crippen molar-refractivity contribution in [1.29, 1.82) is 0 Å². The van der Waals surface area contributed by atoms with Crippen LogP contribution in [0.5, 0.6) is 0 Å². The van der Waals surface area contributed by atoms with E-state index in [4.69, 9.17) is 9.47 Å². The van der Waals surface area contributed by atoms with Gasteiger partial charge in [0.05, 0.1) is 6.61 Å². The van der Waals surface area contributed by atoms with Crippen molar-refractivity contribution in [3.63, 3.8) is 0 Å². The molecule has 1 aliphatic heterocycles. The van der Waals surface area contributed by atoms with E-state index in [1.807, 2.05) is 7.05 Å². The van der Waals surface area contributed by atoms with Gasteiger partial charge in [-0.3, -0.25) is 4.99 Å². The molecule has 0 aromatic rings. The first-order valence-electron chi connectivity index (χ1n) is 6.98. The summed E-state index contributed by atoms with van der Waals surface area (Å²) in [4.78, 5) is 4.08. The van der Waals surface area contributed by atoms with Crippen LogP contribution in [0.15, 0.2) is 4.99 Å². The van der Waals surface area contributed by atoms with Crippen molar-refractivity contribution in [2.24, 2.45) is 4.99 Å². The van der Waals surface area contributed by atoms with Crippen LogP contribution in [0.25, 0.3) is 0 Å². The number of rotatable bonds is 2. The monoisotopic (exact) mass is 383 g/mol. The fourth-order valence-electron chi connectivity index (χ4n) is 2.74. The molecule has 5 nitrogen and oxygen atoms in total. The summed E-state index contributed by atoms with van der Waals surface area (Å²) in [5, 5.41) is 6.23. The zero-order chi connectivity index (χ0) is 12.8. The first kappa shape index (κ1) is 17.0. The summed E-state index contributed by atoms with van der Waals surface area (Å²) in [6.07, 6.45) is 7.28. The molecular formula is C13H26IN3O2. The van der Waals surface area contributed by atoms with Gasteiger partial charge in [-0.15, -0.1) is 24.0 Å². The molecule has 0 aromatic heterocycles. The Kier molecular flexibility index (Phi) is 7.38. The molecule has 2 N–H and O–H groups in total. The van der Waals surface area contributed by atoms with E-state index < -0.39 is 0 Å². The SMILES string of the molecule is CN=C(NC)NCC1COC2(CCCCCC2)O1.I. The second kappa shape index (κ2) is 8.26. The van der Waals surface area contributed by atoms with Crippen LogP contribution in [-0.4, -0.2) is 45.1 Å². The predicted octanol–water partition coefficient (Wildman–Crippen LogP) is 1.87. The van der Waals surface area contributed by atoms with Crippen LogP contribution in [-0.2, 0) is 9.47 Å². The molecule has 0 amide bonds. The van der Waals surface area contributed by atoms with E-state index in [9.17, 15) is 0 Å². The van der Waals surface area contributed by atoms with Gasteiger partial charge in [-0.1, -0.05) is 12.8 Å². The maximum absolute atomic E-state index is 6.14. The lowest BCUT2D eigenvalue weighted by molar-refractivity contribution is -0.175. The Bertz CT molecular complexity index is 292. The van der Waals surface area contributed by atoms with Gasteiger partial charge in [-0.2, -0.15) is 0 Å². The van der Waals surface area contributed by atoms with Gasteiger partial charge in [-0.05, 0) is 12.8 Å². The molecule has 0 bridgehead atoms. The van der Waals surface area contributed by atoms with Gasteiger partial charge in [0.15, 0.2) is 11.7 Å². The number of ether oxygens (including phenoxy) is 2. The molecule has 1 saturated heterocycles. The third kappa shape index (κ3) is 4.75. The van der Waals surface area contributed by atoms with Gasteiger partial charge < -0.3 is 20.1 Å². The van der Waals surface area contributed by atoms with Crippen molar-refractivity contribution in [3.8, 4) is 0 Å². The highest BCUT2D eigenvalue weighted by molar-refractivity contribution is 14.0. The summed E-state index contributed by atoms with van der Waals surface area (Å²) in [6, 6.07) is 0. The summed E-state index contributed by atoms with van der Waals surface area (Å²) >= 11 is 0. The molecule has 112 valence electrons. The van der Waals surface area contributed by atoms with Gasteiger partial charge in [-0.25, -0.2) is 0 Å². The molecule has 1 atom stereocenters. The maximum Gasteiger partial charge on any atom is 0.190 e. The third-order valence-electron chi connectivity index (χ3n) is 3.74. The van der Waals surface area contributed by atoms with E-state index in [2.05, 4.69) is 15.6 Å². The fourth-order valence-corrected chi connectivity index (χ4v) is 2.74. The van der Waals surface area contributed by atoms with Crippen LogP contribution in [0, 0.1) is 0 Å². The molecule has 2 aliphatic rings. The minimum absolute atomic E-state index is 0. The van der Waals surface area contributed by atoms with Crippen molar-refractivity contribution >= 4 is 29.9 Å². The lowest BCUT2D eigenvalue weighted by Gasteiger charge is -2.26. The summed E-state index contributed by atoms with van der Waals surface area (Å²) in [6.45, 7) is 1.43. The second-order valence-electron chi connectivity index (χ2n) is 5.08. The van der Waals surface area contributed by atoms with E-state index in [1.165, 1.54) is 25.7 Å². The highest BCUT2D eigenvalue weighted by Gasteiger charge is 2.41. The van der Waals surface area contributed by atoms with Crippen molar-refractivity contribution in [1.82, 2.24) is 10.6 Å². The van der Waals surface area contributed by atoms with E-state index in [-0.39, 0.29) is 35.9 Å². The number of hydrogen-bond acceptors (Lipinski definition) is 3. The number of nitrogens with zero attached hydrogens (tertiary/aromatic N) is 1. The molecule has 0 radical (unpaired) electrons. The van der Waals surface area contributed by atoms with Gasteiger partial charge in [0.2, 0.25) is 0 Å². The van der Waals surface area contributed by atoms with Crippen LogP contribution in [0.1, 0.15) is 38.5 Å². The smallest absolute Gasteiger partial charge is 0.190 e. The van der Waals surface area contributed by atoms with Crippen molar-refractivity contribution in [3.05, 3.63) is 0 Å². The minimum atomic E-state index is -0.286. The van der Waals surface area contributed by atoms with Crippen molar-refractivity contribution in [2.75, 3.05) is 27.2 Å². The summed E-state index contributed by atoms with van der Waals surface area (Å²) in [7, 11) is 3.62. The van der Waals surface area contributed by atoms with Crippen LogP contribution in [0.2, 0.25) is 0 Å². The van der Waals surface area contributed by atoms with Crippen molar-refractivity contribution < 1.29 is 9.47 Å². The fraction of sp³-hybridized carbons (Fsp3) is 0.923. The number of nitrogens with one attached hydrogen (secondary N) is 2. The standard InChI is InChI=1S/C13H25N3O2.HI/c1-14-12(15-2)16-9-11-10-17-13(18-11)7-5-3-4-6-8-13;/h11H,3-10H2,1-2H3,(H2,14,15,16);1H. The Morgan fingerprint density at radius 3 is 2.53 bits per heavy atom. The number of hydrogen-bond donors (Lipinski definition) is 2. The molecular weight excluding hydrogens is 357 g/mol. The van der Waals surface area contributed by atoms with E-state index in [0.29, 0.717) is 6.61 Å². The Labute approximate surface area is 132 Å². The molecule has 0 aromatic carbocycles. The third-order valence-corrected chi connectivity index (χ3v) is 3.74. The molecule has 1 aliphatic carbocycles. The number of halogens is 1. The molecule has 1 saturated carbocycles. The highest BCUT2D eigenvalue weighted by Crippen LogP contribution is 2.36. The largest absolute Gasteiger partial charge is 0.359 e. The molecule has 2 rings (SSSR count). The molecule has 1 spiro atoms. The second-order valence-corrected chi connectivity index (χ2v) is 5.08. The van der Waals surface area contributed by atoms with Gasteiger partial charge in [0.1, 0.15) is 6.10 Å². The molecule has 19 heavy (non-hydrogen) atoms. The minimum Gasteiger partial charge on any atom is -0.359 e. The van der Waals surface area contributed by atoms with E-state index >= 15 is 0 Å². The van der Waals surface area contributed by atoms with Gasteiger partial charge >= 0.3 is 0 Å².